The molecule has 0 N–H and O–H groups in total. The number of rotatable bonds is 4. The summed E-state index contributed by atoms with van der Waals surface area (Å²) in [6, 6.07) is 10.5. The van der Waals surface area contributed by atoms with E-state index >= 15 is 0 Å². The van der Waals surface area contributed by atoms with Gasteiger partial charge in [-0.1, -0.05) is 35.8 Å². The fraction of sp³-hybridized carbons (Fsp3) is 0.318. The van der Waals surface area contributed by atoms with E-state index in [-0.39, 0.29) is 17.3 Å². The highest BCUT2D eigenvalue weighted by Crippen LogP contribution is 2.24. The average Bonchev–Trinajstić information content (AvgIpc) is 3.22. The van der Waals surface area contributed by atoms with Crippen LogP contribution in [0, 0.1) is 5.82 Å². The van der Waals surface area contributed by atoms with Crippen molar-refractivity contribution in [2.45, 2.75) is 32.6 Å². The summed E-state index contributed by atoms with van der Waals surface area (Å²) in [7, 11) is 0. The van der Waals surface area contributed by atoms with Crippen LogP contribution in [0.1, 0.15) is 44.0 Å². The van der Waals surface area contributed by atoms with Gasteiger partial charge in [0.2, 0.25) is 0 Å². The Morgan fingerprint density at radius 1 is 1.17 bits per heavy atom. The molecule has 1 aliphatic rings. The van der Waals surface area contributed by atoms with Gasteiger partial charge < -0.3 is 4.90 Å². The van der Waals surface area contributed by atoms with Crippen LogP contribution in [-0.2, 0) is 0 Å². The lowest BCUT2D eigenvalue weighted by atomic mass is 10.2. The third kappa shape index (κ3) is 3.96. The molecule has 0 radical (unpaired) electrons. The highest BCUT2D eigenvalue weighted by molar-refractivity contribution is 9.10. The van der Waals surface area contributed by atoms with E-state index in [4.69, 9.17) is 0 Å². The SMILES string of the molecule is CC(C)c1nc2ccc(Br)cc2c(=O)n1N=Cc1ccc(N2CCCC2)c(F)c1. The first-order chi connectivity index (χ1) is 13.9. The quantitative estimate of drug-likeness (QED) is 0.524. The van der Waals surface area contributed by atoms with Gasteiger partial charge in [0.1, 0.15) is 11.6 Å². The molecule has 3 aromatic rings. The minimum Gasteiger partial charge on any atom is -0.369 e. The highest BCUT2D eigenvalue weighted by Gasteiger charge is 2.16. The fourth-order valence-corrected chi connectivity index (χ4v) is 3.95. The molecule has 7 heteroatoms. The Balaban J connectivity index is 1.74. The van der Waals surface area contributed by atoms with E-state index in [0.29, 0.717) is 28.0 Å². The van der Waals surface area contributed by atoms with Crippen LogP contribution in [0.3, 0.4) is 0 Å². The van der Waals surface area contributed by atoms with Gasteiger partial charge >= 0.3 is 0 Å². The highest BCUT2D eigenvalue weighted by atomic mass is 79.9. The number of fused-ring (bicyclic) bond motifs is 1. The maximum atomic E-state index is 14.6. The Kier molecular flexibility index (Phi) is 5.50. The lowest BCUT2D eigenvalue weighted by Gasteiger charge is -2.18. The van der Waals surface area contributed by atoms with E-state index in [1.807, 2.05) is 32.0 Å². The van der Waals surface area contributed by atoms with E-state index in [1.54, 1.807) is 12.1 Å². The molecule has 0 atom stereocenters. The van der Waals surface area contributed by atoms with Crippen LogP contribution in [0.4, 0.5) is 10.1 Å². The van der Waals surface area contributed by atoms with Gasteiger partial charge in [0, 0.05) is 23.5 Å². The number of halogens is 2. The van der Waals surface area contributed by atoms with Crippen LogP contribution in [0.25, 0.3) is 10.9 Å². The average molecular weight is 457 g/mol. The van der Waals surface area contributed by atoms with Gasteiger partial charge in [-0.05, 0) is 48.7 Å². The molecule has 2 aromatic carbocycles. The lowest BCUT2D eigenvalue weighted by molar-refractivity contribution is 0.623. The van der Waals surface area contributed by atoms with E-state index in [0.717, 1.165) is 30.4 Å². The van der Waals surface area contributed by atoms with Crippen molar-refractivity contribution in [3.63, 3.8) is 0 Å². The first kappa shape index (κ1) is 19.8. The van der Waals surface area contributed by atoms with Crippen molar-refractivity contribution in [1.29, 1.82) is 0 Å². The molecule has 0 bridgehead atoms. The summed E-state index contributed by atoms with van der Waals surface area (Å²) in [6.45, 7) is 5.69. The first-order valence-electron chi connectivity index (χ1n) is 9.75. The molecule has 1 fully saturated rings. The van der Waals surface area contributed by atoms with Crippen molar-refractivity contribution in [1.82, 2.24) is 9.66 Å². The summed E-state index contributed by atoms with van der Waals surface area (Å²) in [4.78, 5) is 19.7. The van der Waals surface area contributed by atoms with Crippen LogP contribution in [0.2, 0.25) is 0 Å². The summed E-state index contributed by atoms with van der Waals surface area (Å²) in [5.41, 5.74) is 1.61. The third-order valence-electron chi connectivity index (χ3n) is 5.09. The zero-order valence-corrected chi connectivity index (χ0v) is 18.0. The third-order valence-corrected chi connectivity index (χ3v) is 5.58. The van der Waals surface area contributed by atoms with Crippen molar-refractivity contribution < 1.29 is 4.39 Å². The molecule has 29 heavy (non-hydrogen) atoms. The molecule has 0 aliphatic carbocycles. The predicted octanol–water partition coefficient (Wildman–Crippen LogP) is 4.90. The predicted molar refractivity (Wildman–Crippen MR) is 119 cm³/mol. The van der Waals surface area contributed by atoms with Crippen LogP contribution in [0.15, 0.2) is 50.8 Å². The number of anilines is 1. The second-order valence-corrected chi connectivity index (χ2v) is 8.47. The molecule has 4 rings (SSSR count). The largest absolute Gasteiger partial charge is 0.369 e. The molecule has 0 saturated carbocycles. The molecule has 0 amide bonds. The minimum absolute atomic E-state index is 0.00201. The van der Waals surface area contributed by atoms with Crippen molar-refractivity contribution >= 4 is 38.7 Å². The Labute approximate surface area is 177 Å². The van der Waals surface area contributed by atoms with Gasteiger partial charge in [-0.2, -0.15) is 9.78 Å². The van der Waals surface area contributed by atoms with Gasteiger partial charge in [-0.3, -0.25) is 4.79 Å². The molecule has 1 aromatic heterocycles. The van der Waals surface area contributed by atoms with E-state index < -0.39 is 0 Å². The van der Waals surface area contributed by atoms with E-state index in [1.165, 1.54) is 17.0 Å². The van der Waals surface area contributed by atoms with Gasteiger partial charge in [0.15, 0.2) is 0 Å². The smallest absolute Gasteiger partial charge is 0.282 e. The molecule has 1 saturated heterocycles. The number of benzene rings is 2. The first-order valence-corrected chi connectivity index (χ1v) is 10.5. The number of hydrogen-bond acceptors (Lipinski definition) is 4. The number of aromatic nitrogens is 2. The van der Waals surface area contributed by atoms with Crippen molar-refractivity contribution in [3.8, 4) is 0 Å². The maximum absolute atomic E-state index is 14.6. The zero-order valence-electron chi connectivity index (χ0n) is 16.4. The summed E-state index contributed by atoms with van der Waals surface area (Å²) in [5.74, 6) is 0.297. The Morgan fingerprint density at radius 3 is 2.62 bits per heavy atom. The van der Waals surface area contributed by atoms with Crippen LogP contribution < -0.4 is 10.5 Å². The molecular weight excluding hydrogens is 435 g/mol. The summed E-state index contributed by atoms with van der Waals surface area (Å²) in [6.07, 6.45) is 3.69. The van der Waals surface area contributed by atoms with Crippen molar-refractivity contribution in [2.75, 3.05) is 18.0 Å². The molecule has 1 aliphatic heterocycles. The molecule has 0 unspecified atom stereocenters. The number of hydrogen-bond donors (Lipinski definition) is 0. The zero-order chi connectivity index (χ0) is 20.5. The van der Waals surface area contributed by atoms with E-state index in [9.17, 15) is 9.18 Å². The number of nitrogens with zero attached hydrogens (tertiary/aromatic N) is 4. The molecule has 0 spiro atoms. The molecule has 5 nitrogen and oxygen atoms in total. The van der Waals surface area contributed by atoms with Gasteiger partial charge in [0.25, 0.3) is 5.56 Å². The fourth-order valence-electron chi connectivity index (χ4n) is 3.59. The molecule has 150 valence electrons. The summed E-state index contributed by atoms with van der Waals surface area (Å²) >= 11 is 3.40. The Bertz CT molecular complexity index is 1150. The van der Waals surface area contributed by atoms with Crippen molar-refractivity contribution in [2.24, 2.45) is 5.10 Å². The Morgan fingerprint density at radius 2 is 1.93 bits per heavy atom. The topological polar surface area (TPSA) is 50.5 Å². The molecular formula is C22H22BrFN4O. The van der Waals surface area contributed by atoms with Gasteiger partial charge in [0.05, 0.1) is 22.8 Å². The standard InChI is InChI=1S/C22H22BrFN4O/c1-14(2)21-26-19-7-6-16(23)12-17(19)22(29)28(21)25-13-15-5-8-20(18(24)11-15)27-9-3-4-10-27/h5-8,11-14H,3-4,9-10H2,1-2H3. The van der Waals surface area contributed by atoms with Gasteiger partial charge in [-0.15, -0.1) is 0 Å². The second-order valence-electron chi connectivity index (χ2n) is 7.55. The van der Waals surface area contributed by atoms with E-state index in [2.05, 4.69) is 30.9 Å². The normalized spacial score (nSPS) is 14.6. The van der Waals surface area contributed by atoms with Crippen molar-refractivity contribution in [3.05, 3.63) is 68.4 Å². The van der Waals surface area contributed by atoms with Crippen LogP contribution >= 0.6 is 15.9 Å². The Hall–Kier alpha value is -2.54. The minimum atomic E-state index is -0.271. The second kappa shape index (κ2) is 8.06. The monoisotopic (exact) mass is 456 g/mol. The maximum Gasteiger partial charge on any atom is 0.282 e. The van der Waals surface area contributed by atoms with Gasteiger partial charge in [-0.25, -0.2) is 9.37 Å². The van der Waals surface area contributed by atoms with Crippen LogP contribution in [-0.4, -0.2) is 29.0 Å². The molecule has 2 heterocycles. The summed E-state index contributed by atoms with van der Waals surface area (Å²) in [5, 5.41) is 4.85. The van der Waals surface area contributed by atoms with Crippen LogP contribution in [0.5, 0.6) is 0 Å². The lowest BCUT2D eigenvalue weighted by Crippen LogP contribution is -2.23. The summed E-state index contributed by atoms with van der Waals surface area (Å²) < 4.78 is 16.7.